The Morgan fingerprint density at radius 3 is 2.69 bits per heavy atom. The van der Waals surface area contributed by atoms with Crippen molar-refractivity contribution in [2.24, 2.45) is 0 Å². The van der Waals surface area contributed by atoms with E-state index >= 15 is 0 Å². The third-order valence-corrected chi connectivity index (χ3v) is 5.44. The molecule has 0 saturated carbocycles. The maximum absolute atomic E-state index is 14.1. The van der Waals surface area contributed by atoms with E-state index in [-0.39, 0.29) is 5.69 Å². The van der Waals surface area contributed by atoms with Crippen molar-refractivity contribution in [3.63, 3.8) is 0 Å². The fraction of sp³-hybridized carbons (Fsp3) is 0.130. The molecule has 0 aliphatic carbocycles. The molecule has 1 aromatic heterocycles. The van der Waals surface area contributed by atoms with E-state index in [1.54, 1.807) is 66.9 Å². The average molecular weight is 437 g/mol. The predicted molar refractivity (Wildman–Crippen MR) is 113 cm³/mol. The fourth-order valence-corrected chi connectivity index (χ4v) is 3.95. The molecular weight excluding hydrogens is 419 g/mol. The van der Waals surface area contributed by atoms with Gasteiger partial charge >= 0.3 is 6.18 Å². The van der Waals surface area contributed by atoms with Gasteiger partial charge in [-0.25, -0.2) is 4.68 Å². The Kier molecular flexibility index (Phi) is 4.54. The van der Waals surface area contributed by atoms with Crippen LogP contribution < -0.4 is 10.7 Å². The number of fused-ring (bicyclic) bond motifs is 2. The molecule has 32 heavy (non-hydrogen) atoms. The van der Waals surface area contributed by atoms with Crippen LogP contribution >= 0.6 is 0 Å². The van der Waals surface area contributed by atoms with Gasteiger partial charge in [-0.2, -0.15) is 18.3 Å². The Morgan fingerprint density at radius 1 is 1.12 bits per heavy atom. The Bertz CT molecular complexity index is 1270. The molecule has 0 radical (unpaired) electrons. The first kappa shape index (κ1) is 19.9. The van der Waals surface area contributed by atoms with Gasteiger partial charge in [-0.15, -0.1) is 0 Å². The minimum absolute atomic E-state index is 0.228. The number of halogens is 3. The minimum Gasteiger partial charge on any atom is -0.359 e. The largest absolute Gasteiger partial charge is 0.417 e. The van der Waals surface area contributed by atoms with Gasteiger partial charge in [-0.3, -0.25) is 9.80 Å². The summed E-state index contributed by atoms with van der Waals surface area (Å²) in [5.74, 6) is -0.668. The van der Waals surface area contributed by atoms with Crippen molar-refractivity contribution in [3.8, 4) is 5.69 Å². The van der Waals surface area contributed by atoms with Gasteiger partial charge in [0.2, 0.25) is 0 Å². The number of hydrogen-bond acceptors (Lipinski definition) is 5. The number of hydrazine groups is 1. The van der Waals surface area contributed by atoms with E-state index in [1.165, 1.54) is 16.8 Å². The zero-order valence-corrected chi connectivity index (χ0v) is 16.9. The standard InChI is InChI=1S/C23H18F3N5O/c1-14-9-11-30(29-14)15-6-7-17(19(12-15)23(24,25)26)22(32)21-18-4-2-3-5-20(18)27-13-16-8-10-28-31(16)21/h2-13,21,27-28H,1H3. The molecule has 3 aromatic rings. The van der Waals surface area contributed by atoms with Crippen LogP contribution in [0.25, 0.3) is 5.69 Å². The lowest BCUT2D eigenvalue weighted by atomic mass is 9.92. The van der Waals surface area contributed by atoms with E-state index in [1.807, 2.05) is 0 Å². The van der Waals surface area contributed by atoms with Gasteiger partial charge in [0.15, 0.2) is 5.78 Å². The Hall–Kier alpha value is -4.01. The highest BCUT2D eigenvalue weighted by Crippen LogP contribution is 2.40. The van der Waals surface area contributed by atoms with Gasteiger partial charge in [0, 0.05) is 35.4 Å². The van der Waals surface area contributed by atoms with Crippen molar-refractivity contribution < 1.29 is 18.0 Å². The van der Waals surface area contributed by atoms with E-state index in [4.69, 9.17) is 0 Å². The normalized spacial score (nSPS) is 17.1. The molecule has 1 atom stereocenters. The molecule has 2 aliphatic heterocycles. The third kappa shape index (κ3) is 3.31. The van der Waals surface area contributed by atoms with Crippen LogP contribution in [-0.2, 0) is 6.18 Å². The van der Waals surface area contributed by atoms with Crippen molar-refractivity contribution in [1.82, 2.24) is 20.2 Å². The first-order valence-corrected chi connectivity index (χ1v) is 9.88. The number of rotatable bonds is 3. The second-order valence-corrected chi connectivity index (χ2v) is 7.53. The van der Waals surface area contributed by atoms with E-state index in [0.29, 0.717) is 22.6 Å². The predicted octanol–water partition coefficient (Wildman–Crippen LogP) is 4.72. The number of para-hydroxylation sites is 1. The summed E-state index contributed by atoms with van der Waals surface area (Å²) in [6, 6.07) is 11.4. The van der Waals surface area contributed by atoms with Gasteiger partial charge in [0.1, 0.15) is 6.04 Å². The maximum Gasteiger partial charge on any atom is 0.417 e. The molecule has 2 aliphatic rings. The van der Waals surface area contributed by atoms with Crippen LogP contribution in [0.2, 0.25) is 0 Å². The first-order valence-electron chi connectivity index (χ1n) is 9.88. The van der Waals surface area contributed by atoms with E-state index in [0.717, 1.165) is 6.07 Å². The molecule has 9 heteroatoms. The third-order valence-electron chi connectivity index (χ3n) is 5.44. The first-order chi connectivity index (χ1) is 15.3. The van der Waals surface area contributed by atoms with Crippen molar-refractivity contribution in [2.45, 2.75) is 19.1 Å². The summed E-state index contributed by atoms with van der Waals surface area (Å²) in [6.07, 6.45) is 1.94. The number of ketones is 1. The van der Waals surface area contributed by atoms with Gasteiger partial charge < -0.3 is 10.7 Å². The SMILES string of the molecule is Cc1ccn(-c2ccc(C(=O)C3c4ccccc4NC=C4C=CNN43)c(C(F)(F)F)c2)n1. The molecule has 0 saturated heterocycles. The topological polar surface area (TPSA) is 62.2 Å². The number of carbonyl (C=O) groups is 1. The minimum atomic E-state index is -4.72. The summed E-state index contributed by atoms with van der Waals surface area (Å²) in [4.78, 5) is 13.7. The monoisotopic (exact) mass is 437 g/mol. The number of allylic oxidation sites excluding steroid dienone is 1. The lowest BCUT2D eigenvalue weighted by Gasteiger charge is -2.30. The lowest BCUT2D eigenvalue weighted by Crippen LogP contribution is -2.38. The number of carbonyl (C=O) groups excluding carboxylic acids is 1. The fourth-order valence-electron chi connectivity index (χ4n) is 3.95. The van der Waals surface area contributed by atoms with Crippen molar-refractivity contribution in [3.05, 3.63) is 101 Å². The average Bonchev–Trinajstić information content (AvgIpc) is 3.38. The quantitative estimate of drug-likeness (QED) is 0.581. The molecule has 1 unspecified atom stereocenters. The molecule has 5 rings (SSSR count). The van der Waals surface area contributed by atoms with Crippen molar-refractivity contribution in [1.29, 1.82) is 0 Å². The summed E-state index contributed by atoms with van der Waals surface area (Å²) in [6.45, 7) is 1.75. The van der Waals surface area contributed by atoms with E-state index in [9.17, 15) is 18.0 Å². The summed E-state index contributed by atoms with van der Waals surface area (Å²) in [5.41, 5.74) is 4.32. The van der Waals surface area contributed by atoms with Gasteiger partial charge in [-0.05, 0) is 43.3 Å². The second kappa shape index (κ2) is 7.30. The van der Waals surface area contributed by atoms with Gasteiger partial charge in [0.05, 0.1) is 22.6 Å². The Labute approximate surface area is 181 Å². The molecule has 6 nitrogen and oxygen atoms in total. The zero-order chi connectivity index (χ0) is 22.5. The summed E-state index contributed by atoms with van der Waals surface area (Å²) in [7, 11) is 0. The Balaban J connectivity index is 1.64. The van der Waals surface area contributed by atoms with Crippen molar-refractivity contribution in [2.75, 3.05) is 5.32 Å². The highest BCUT2D eigenvalue weighted by atomic mass is 19.4. The van der Waals surface area contributed by atoms with Gasteiger partial charge in [-0.1, -0.05) is 18.2 Å². The number of aromatic nitrogens is 2. The van der Waals surface area contributed by atoms with Crippen LogP contribution in [-0.4, -0.2) is 20.6 Å². The zero-order valence-electron chi connectivity index (χ0n) is 16.9. The molecule has 162 valence electrons. The summed E-state index contributed by atoms with van der Waals surface area (Å²) >= 11 is 0. The van der Waals surface area contributed by atoms with Crippen LogP contribution in [0.4, 0.5) is 18.9 Å². The van der Waals surface area contributed by atoms with Gasteiger partial charge in [0.25, 0.3) is 0 Å². The number of benzene rings is 2. The number of alkyl halides is 3. The molecule has 2 N–H and O–H groups in total. The van der Waals surface area contributed by atoms with Crippen molar-refractivity contribution >= 4 is 11.5 Å². The maximum atomic E-state index is 14.1. The van der Waals surface area contributed by atoms with E-state index < -0.39 is 29.1 Å². The molecule has 0 amide bonds. The van der Waals surface area contributed by atoms with E-state index in [2.05, 4.69) is 15.8 Å². The summed E-state index contributed by atoms with van der Waals surface area (Å²) < 4.78 is 43.6. The highest BCUT2D eigenvalue weighted by molar-refractivity contribution is 6.03. The molecule has 0 fully saturated rings. The molecule has 2 aromatic carbocycles. The molecule has 3 heterocycles. The highest BCUT2D eigenvalue weighted by Gasteiger charge is 2.40. The molecule has 0 bridgehead atoms. The number of anilines is 1. The lowest BCUT2D eigenvalue weighted by molar-refractivity contribution is -0.138. The summed E-state index contributed by atoms with van der Waals surface area (Å²) in [5, 5.41) is 8.87. The van der Waals surface area contributed by atoms with Crippen LogP contribution in [0.15, 0.2) is 78.9 Å². The van der Waals surface area contributed by atoms with Crippen LogP contribution in [0, 0.1) is 6.92 Å². The molecular formula is C23H18F3N5O. The number of nitrogens with one attached hydrogen (secondary N) is 2. The van der Waals surface area contributed by atoms with Crippen LogP contribution in [0.5, 0.6) is 0 Å². The van der Waals surface area contributed by atoms with Crippen LogP contribution in [0.1, 0.15) is 33.2 Å². The smallest absolute Gasteiger partial charge is 0.359 e. The second-order valence-electron chi connectivity index (χ2n) is 7.53. The number of nitrogens with zero attached hydrogens (tertiary/aromatic N) is 3. The number of hydrogen-bond donors (Lipinski definition) is 2. The molecule has 0 spiro atoms. The number of aryl methyl sites for hydroxylation is 1. The number of Topliss-reactive ketones (excluding diaryl/α,β-unsaturated/α-hetero) is 1. The Morgan fingerprint density at radius 2 is 1.94 bits per heavy atom. The van der Waals surface area contributed by atoms with Crippen LogP contribution in [0.3, 0.4) is 0 Å².